The lowest BCUT2D eigenvalue weighted by atomic mass is 9.98. The first kappa shape index (κ1) is 36.9. The maximum Gasteiger partial charge on any atom is 0.179 e. The Hall–Kier alpha value is -7.76. The predicted molar refractivity (Wildman–Crippen MR) is 277 cm³/mol. The number of benzene rings is 10. The van der Waals surface area contributed by atoms with Gasteiger partial charge in [0.05, 0.1) is 27.8 Å². The quantitative estimate of drug-likeness (QED) is 0.112. The number of hydrogen-bond acceptors (Lipinski definition) is 1. The normalized spacial score (nSPS) is 12.1. The first-order chi connectivity index (χ1) is 31.8. The molecule has 13 aromatic rings. The zero-order valence-corrected chi connectivity index (χ0v) is 36.7. The molecule has 64 heavy (non-hydrogen) atoms. The highest BCUT2D eigenvalue weighted by molar-refractivity contribution is 7.26. The molecule has 0 spiro atoms. The second kappa shape index (κ2) is 14.7. The molecule has 0 saturated heterocycles. The standard InChI is InChI=1S/C60H40N2SSi/c1-4-21-42(22-5-1)64(43-23-6-2-7-24-43,44-25-8-3-9-26-44)45-27-16-20-41(40-45)61-53-35-13-10-28-46(53)49-32-19-38-56(59(49)61)62-54-36-14-11-30-52(54)58-48(31-18-37-55(58)62)51-34-17-33-50-47-29-12-15-39-57(47)63-60(50)51/h1-40H. The lowest BCUT2D eigenvalue weighted by Crippen LogP contribution is -2.74. The fourth-order valence-electron chi connectivity index (χ4n) is 10.9. The van der Waals surface area contributed by atoms with E-state index in [1.54, 1.807) is 0 Å². The Bertz CT molecular complexity index is 3800. The molecule has 0 bridgehead atoms. The maximum absolute atomic E-state index is 2.81. The van der Waals surface area contributed by atoms with E-state index in [1.807, 2.05) is 11.3 Å². The van der Waals surface area contributed by atoms with Crippen LogP contribution in [0.25, 0.3) is 86.3 Å². The minimum atomic E-state index is -2.81. The van der Waals surface area contributed by atoms with Crippen LogP contribution < -0.4 is 20.7 Å². The van der Waals surface area contributed by atoms with Gasteiger partial charge in [0, 0.05) is 53.0 Å². The molecule has 0 N–H and O–H groups in total. The SMILES string of the molecule is c1ccc([Si](c2ccccc2)(c2ccccc2)c2cccc(-n3c4ccccc4c4cccc(-n5c6ccccc6c6c(-c7cccc8c7sc7ccccc78)cccc65)c43)c2)cc1. The number of hydrogen-bond donors (Lipinski definition) is 0. The molecule has 0 amide bonds. The van der Waals surface area contributed by atoms with Gasteiger partial charge in [-0.3, -0.25) is 0 Å². The van der Waals surface area contributed by atoms with Crippen molar-refractivity contribution < 1.29 is 0 Å². The number of fused-ring (bicyclic) bond motifs is 9. The van der Waals surface area contributed by atoms with Crippen LogP contribution >= 0.6 is 11.3 Å². The van der Waals surface area contributed by atoms with Crippen LogP contribution in [-0.2, 0) is 0 Å². The molecule has 3 aromatic heterocycles. The number of aromatic nitrogens is 2. The second-order valence-electron chi connectivity index (χ2n) is 16.8. The van der Waals surface area contributed by atoms with Gasteiger partial charge in [-0.2, -0.15) is 0 Å². The van der Waals surface area contributed by atoms with Crippen molar-refractivity contribution in [1.82, 2.24) is 9.13 Å². The van der Waals surface area contributed by atoms with Crippen molar-refractivity contribution in [1.29, 1.82) is 0 Å². The molecule has 0 radical (unpaired) electrons. The van der Waals surface area contributed by atoms with Gasteiger partial charge in [0.15, 0.2) is 8.07 Å². The molecule has 300 valence electrons. The molecule has 0 aliphatic carbocycles. The summed E-state index contributed by atoms with van der Waals surface area (Å²) >= 11 is 1.90. The minimum absolute atomic E-state index is 1.15. The fraction of sp³-hybridized carbons (Fsp3) is 0. The highest BCUT2D eigenvalue weighted by Gasteiger charge is 2.41. The van der Waals surface area contributed by atoms with E-state index in [0.717, 1.165) is 11.4 Å². The molecule has 0 aliphatic rings. The van der Waals surface area contributed by atoms with Gasteiger partial charge in [0.1, 0.15) is 0 Å². The van der Waals surface area contributed by atoms with E-state index in [4.69, 9.17) is 0 Å². The lowest BCUT2D eigenvalue weighted by Gasteiger charge is -2.34. The largest absolute Gasteiger partial charge is 0.307 e. The molecule has 0 unspecified atom stereocenters. The first-order valence-corrected chi connectivity index (χ1v) is 24.8. The molecule has 0 aliphatic heterocycles. The Morgan fingerprint density at radius 1 is 0.328 bits per heavy atom. The van der Waals surface area contributed by atoms with E-state index in [1.165, 1.54) is 95.7 Å². The third kappa shape index (κ3) is 5.37. The van der Waals surface area contributed by atoms with E-state index in [-0.39, 0.29) is 0 Å². The molecule has 0 fully saturated rings. The van der Waals surface area contributed by atoms with Crippen LogP contribution in [-0.4, -0.2) is 17.2 Å². The van der Waals surface area contributed by atoms with Gasteiger partial charge in [-0.15, -0.1) is 11.3 Å². The summed E-state index contributed by atoms with van der Waals surface area (Å²) in [6.07, 6.45) is 0. The maximum atomic E-state index is 2.53. The zero-order chi connectivity index (χ0) is 42.2. The molecule has 0 atom stereocenters. The minimum Gasteiger partial charge on any atom is -0.307 e. The predicted octanol–water partition coefficient (Wildman–Crippen LogP) is 13.3. The van der Waals surface area contributed by atoms with Gasteiger partial charge in [0.2, 0.25) is 0 Å². The van der Waals surface area contributed by atoms with E-state index >= 15 is 0 Å². The second-order valence-corrected chi connectivity index (χ2v) is 21.6. The van der Waals surface area contributed by atoms with Crippen LogP contribution in [0.5, 0.6) is 0 Å². The van der Waals surface area contributed by atoms with E-state index < -0.39 is 8.07 Å². The van der Waals surface area contributed by atoms with Gasteiger partial charge in [-0.1, -0.05) is 200 Å². The monoisotopic (exact) mass is 848 g/mol. The van der Waals surface area contributed by atoms with Crippen molar-refractivity contribution in [3.63, 3.8) is 0 Å². The highest BCUT2D eigenvalue weighted by atomic mass is 32.1. The summed E-state index contributed by atoms with van der Waals surface area (Å²) in [7, 11) is -2.81. The fourth-order valence-corrected chi connectivity index (χ4v) is 16.9. The molecule has 2 nitrogen and oxygen atoms in total. The summed E-state index contributed by atoms with van der Waals surface area (Å²) in [6, 6.07) is 90.4. The van der Waals surface area contributed by atoms with Crippen molar-refractivity contribution in [3.8, 4) is 22.5 Å². The zero-order valence-electron chi connectivity index (χ0n) is 34.9. The van der Waals surface area contributed by atoms with Gasteiger partial charge in [-0.25, -0.2) is 0 Å². The number of nitrogens with zero attached hydrogens (tertiary/aromatic N) is 2. The van der Waals surface area contributed by atoms with E-state index in [0.29, 0.717) is 0 Å². The van der Waals surface area contributed by atoms with Crippen LogP contribution in [0.2, 0.25) is 0 Å². The van der Waals surface area contributed by atoms with Gasteiger partial charge < -0.3 is 9.13 Å². The van der Waals surface area contributed by atoms with E-state index in [9.17, 15) is 0 Å². The molecule has 10 aromatic carbocycles. The number of para-hydroxylation sites is 3. The average Bonchev–Trinajstić information content (AvgIpc) is 4.04. The van der Waals surface area contributed by atoms with Crippen LogP contribution in [0.3, 0.4) is 0 Å². The Labute approximate surface area is 376 Å². The topological polar surface area (TPSA) is 9.86 Å². The Kier molecular flexibility index (Phi) is 8.45. The van der Waals surface area contributed by atoms with Crippen LogP contribution in [0.4, 0.5) is 0 Å². The Balaban J connectivity index is 1.11. The van der Waals surface area contributed by atoms with Crippen LogP contribution in [0, 0.1) is 0 Å². The third-order valence-electron chi connectivity index (χ3n) is 13.5. The van der Waals surface area contributed by atoms with Crippen LogP contribution in [0.1, 0.15) is 0 Å². The highest BCUT2D eigenvalue weighted by Crippen LogP contribution is 2.45. The molecule has 4 heteroatoms. The molecular formula is C60H40N2SSi. The molecule has 0 saturated carbocycles. The number of rotatable bonds is 7. The summed E-state index contributed by atoms with van der Waals surface area (Å²) in [4.78, 5) is 0. The van der Waals surface area contributed by atoms with Gasteiger partial charge in [-0.05, 0) is 68.8 Å². The van der Waals surface area contributed by atoms with Gasteiger partial charge in [0.25, 0.3) is 0 Å². The Morgan fingerprint density at radius 2 is 0.828 bits per heavy atom. The average molecular weight is 849 g/mol. The van der Waals surface area contributed by atoms with Crippen molar-refractivity contribution in [2.24, 2.45) is 0 Å². The summed E-state index contributed by atoms with van der Waals surface area (Å²) in [6.45, 7) is 0. The van der Waals surface area contributed by atoms with Crippen LogP contribution in [0.15, 0.2) is 243 Å². The lowest BCUT2D eigenvalue weighted by molar-refractivity contribution is 1.13. The van der Waals surface area contributed by atoms with Crippen molar-refractivity contribution in [3.05, 3.63) is 243 Å². The van der Waals surface area contributed by atoms with Crippen molar-refractivity contribution in [2.45, 2.75) is 0 Å². The smallest absolute Gasteiger partial charge is 0.179 e. The molecule has 3 heterocycles. The van der Waals surface area contributed by atoms with Gasteiger partial charge >= 0.3 is 0 Å². The molecular weight excluding hydrogens is 809 g/mol. The summed E-state index contributed by atoms with van der Waals surface area (Å²) in [5.41, 5.74) is 9.59. The molecule has 13 rings (SSSR count). The Morgan fingerprint density at radius 3 is 1.55 bits per heavy atom. The summed E-state index contributed by atoms with van der Waals surface area (Å²) in [5.74, 6) is 0. The first-order valence-electron chi connectivity index (χ1n) is 22.0. The van der Waals surface area contributed by atoms with E-state index in [2.05, 4.69) is 252 Å². The summed E-state index contributed by atoms with van der Waals surface area (Å²) in [5, 5.41) is 13.0. The van der Waals surface area contributed by atoms with Crippen molar-refractivity contribution in [2.75, 3.05) is 0 Å². The number of thiophene rings is 1. The third-order valence-corrected chi connectivity index (χ3v) is 19.5. The summed E-state index contributed by atoms with van der Waals surface area (Å²) < 4.78 is 7.71. The van der Waals surface area contributed by atoms with Crippen molar-refractivity contribution >= 4 is 104 Å².